The molecule has 0 fully saturated rings. The third-order valence-electron chi connectivity index (χ3n) is 3.55. The van der Waals surface area contributed by atoms with Gasteiger partial charge in [0.1, 0.15) is 17.7 Å². The highest BCUT2D eigenvalue weighted by Gasteiger charge is 2.39. The van der Waals surface area contributed by atoms with E-state index in [1.165, 1.54) is 0 Å². The van der Waals surface area contributed by atoms with Crippen LogP contribution in [0.3, 0.4) is 0 Å². The first-order chi connectivity index (χ1) is 10.7. The maximum atomic E-state index is 12.5. The van der Waals surface area contributed by atoms with E-state index < -0.39 is 23.2 Å². The fourth-order valence-electron chi connectivity index (χ4n) is 2.13. The summed E-state index contributed by atoms with van der Waals surface area (Å²) in [5, 5.41) is 2.69. The van der Waals surface area contributed by atoms with Gasteiger partial charge < -0.3 is 14.8 Å². The van der Waals surface area contributed by atoms with E-state index in [2.05, 4.69) is 5.32 Å². The van der Waals surface area contributed by atoms with Crippen molar-refractivity contribution in [3.8, 4) is 0 Å². The minimum atomic E-state index is -1.07. The van der Waals surface area contributed by atoms with E-state index in [1.807, 2.05) is 44.2 Å². The van der Waals surface area contributed by atoms with Gasteiger partial charge in [-0.25, -0.2) is 9.59 Å². The van der Waals surface area contributed by atoms with Gasteiger partial charge in [-0.2, -0.15) is 0 Å². The third kappa shape index (κ3) is 5.93. The highest BCUT2D eigenvalue weighted by molar-refractivity contribution is 5.85. The number of esters is 1. The van der Waals surface area contributed by atoms with E-state index in [4.69, 9.17) is 9.47 Å². The summed E-state index contributed by atoms with van der Waals surface area (Å²) in [5.74, 6) is -0.447. The van der Waals surface area contributed by atoms with Crippen LogP contribution in [0, 0.1) is 0 Å². The lowest BCUT2D eigenvalue weighted by Gasteiger charge is -2.31. The molecule has 0 aliphatic heterocycles. The number of carbonyl (C=O) groups is 2. The molecule has 128 valence electrons. The number of hydrogen-bond acceptors (Lipinski definition) is 4. The zero-order valence-corrected chi connectivity index (χ0v) is 14.6. The molecular formula is C18H27NO4. The normalized spacial score (nSPS) is 11.7. The Hall–Kier alpha value is -2.04. The SMILES string of the molecule is CCC(CC)(NC(=O)OC(C)(C)C)C(=O)OCc1ccccc1. The Kier molecular flexibility index (Phi) is 6.61. The maximum Gasteiger partial charge on any atom is 0.408 e. The lowest BCUT2D eigenvalue weighted by atomic mass is 9.93. The van der Waals surface area contributed by atoms with Crippen molar-refractivity contribution < 1.29 is 19.1 Å². The van der Waals surface area contributed by atoms with Gasteiger partial charge in [-0.1, -0.05) is 44.2 Å². The Morgan fingerprint density at radius 3 is 2.09 bits per heavy atom. The molecule has 0 radical (unpaired) electrons. The predicted molar refractivity (Wildman–Crippen MR) is 88.9 cm³/mol. The van der Waals surface area contributed by atoms with Crippen molar-refractivity contribution in [3.05, 3.63) is 35.9 Å². The van der Waals surface area contributed by atoms with Crippen LogP contribution in [0.4, 0.5) is 4.79 Å². The predicted octanol–water partition coefficient (Wildman–Crippen LogP) is 3.81. The molecule has 0 unspecified atom stereocenters. The molecule has 0 aromatic heterocycles. The minimum Gasteiger partial charge on any atom is -0.459 e. The van der Waals surface area contributed by atoms with Gasteiger partial charge in [-0.15, -0.1) is 0 Å². The molecule has 5 nitrogen and oxygen atoms in total. The standard InChI is InChI=1S/C18H27NO4/c1-6-18(7-2,19-16(21)23-17(3,4)5)15(20)22-13-14-11-9-8-10-12-14/h8-12H,6-7,13H2,1-5H3,(H,19,21). The van der Waals surface area contributed by atoms with E-state index in [0.717, 1.165) is 5.56 Å². The van der Waals surface area contributed by atoms with E-state index >= 15 is 0 Å². The summed E-state index contributed by atoms with van der Waals surface area (Å²) in [4.78, 5) is 24.5. The van der Waals surface area contributed by atoms with Crippen LogP contribution in [0.25, 0.3) is 0 Å². The first-order valence-corrected chi connectivity index (χ1v) is 7.94. The molecule has 0 bridgehead atoms. The maximum absolute atomic E-state index is 12.5. The summed E-state index contributed by atoms with van der Waals surface area (Å²) in [6.45, 7) is 9.19. The van der Waals surface area contributed by atoms with Crippen LogP contribution in [0.1, 0.15) is 53.0 Å². The Balaban J connectivity index is 2.74. The summed E-state index contributed by atoms with van der Waals surface area (Å²) in [6.07, 6.45) is 0.241. The fraction of sp³-hybridized carbons (Fsp3) is 0.556. The van der Waals surface area contributed by atoms with E-state index in [1.54, 1.807) is 20.8 Å². The molecule has 1 amide bonds. The number of carbonyl (C=O) groups excluding carboxylic acids is 2. The zero-order valence-electron chi connectivity index (χ0n) is 14.6. The smallest absolute Gasteiger partial charge is 0.408 e. The van der Waals surface area contributed by atoms with Crippen molar-refractivity contribution in [2.75, 3.05) is 0 Å². The second kappa shape index (κ2) is 7.99. The molecule has 0 aliphatic carbocycles. The minimum absolute atomic E-state index is 0.178. The molecule has 0 saturated carbocycles. The van der Waals surface area contributed by atoms with Crippen molar-refractivity contribution in [2.45, 2.75) is 65.2 Å². The first kappa shape index (κ1) is 19.0. The summed E-state index contributed by atoms with van der Waals surface area (Å²) in [7, 11) is 0. The van der Waals surface area contributed by atoms with Crippen molar-refractivity contribution in [1.82, 2.24) is 5.32 Å². The highest BCUT2D eigenvalue weighted by atomic mass is 16.6. The Morgan fingerprint density at radius 2 is 1.61 bits per heavy atom. The topological polar surface area (TPSA) is 64.6 Å². The average Bonchev–Trinajstić information content (AvgIpc) is 2.49. The monoisotopic (exact) mass is 321 g/mol. The quantitative estimate of drug-likeness (QED) is 0.809. The molecule has 1 N–H and O–H groups in total. The van der Waals surface area contributed by atoms with E-state index in [0.29, 0.717) is 12.8 Å². The number of ether oxygens (including phenoxy) is 2. The molecule has 23 heavy (non-hydrogen) atoms. The third-order valence-corrected chi connectivity index (χ3v) is 3.55. The van der Waals surface area contributed by atoms with E-state index in [9.17, 15) is 9.59 Å². The summed E-state index contributed by atoms with van der Waals surface area (Å²) < 4.78 is 10.6. The van der Waals surface area contributed by atoms with Crippen LogP contribution in [0.2, 0.25) is 0 Å². The summed E-state index contributed by atoms with van der Waals surface area (Å²) in [6, 6.07) is 9.43. The number of amides is 1. The lowest BCUT2D eigenvalue weighted by Crippen LogP contribution is -2.55. The molecule has 5 heteroatoms. The first-order valence-electron chi connectivity index (χ1n) is 7.94. The summed E-state index contributed by atoms with van der Waals surface area (Å²) >= 11 is 0. The number of benzene rings is 1. The molecule has 1 aromatic rings. The Labute approximate surface area is 138 Å². The van der Waals surface area contributed by atoms with Crippen molar-refractivity contribution >= 4 is 12.1 Å². The van der Waals surface area contributed by atoms with Crippen LogP contribution in [-0.4, -0.2) is 23.2 Å². The van der Waals surface area contributed by atoms with Gasteiger partial charge in [0, 0.05) is 0 Å². The van der Waals surface area contributed by atoms with Crippen LogP contribution >= 0.6 is 0 Å². The highest BCUT2D eigenvalue weighted by Crippen LogP contribution is 2.20. The van der Waals surface area contributed by atoms with Gasteiger partial charge in [0.15, 0.2) is 0 Å². The van der Waals surface area contributed by atoms with Gasteiger partial charge in [-0.05, 0) is 39.2 Å². The van der Waals surface area contributed by atoms with Crippen LogP contribution in [0.5, 0.6) is 0 Å². The molecule has 0 atom stereocenters. The van der Waals surface area contributed by atoms with Crippen molar-refractivity contribution in [1.29, 1.82) is 0 Å². The second-order valence-electron chi connectivity index (χ2n) is 6.48. The number of rotatable bonds is 6. The second-order valence-corrected chi connectivity index (χ2v) is 6.48. The molecule has 0 saturated heterocycles. The Bertz CT molecular complexity index is 516. The molecule has 1 rings (SSSR count). The number of nitrogens with one attached hydrogen (secondary N) is 1. The zero-order chi connectivity index (χ0) is 17.5. The number of hydrogen-bond donors (Lipinski definition) is 1. The average molecular weight is 321 g/mol. The largest absolute Gasteiger partial charge is 0.459 e. The van der Waals surface area contributed by atoms with Gasteiger partial charge in [0.05, 0.1) is 0 Å². The van der Waals surface area contributed by atoms with Gasteiger partial charge in [0.2, 0.25) is 0 Å². The van der Waals surface area contributed by atoms with Crippen LogP contribution in [-0.2, 0) is 20.9 Å². The van der Waals surface area contributed by atoms with Crippen LogP contribution < -0.4 is 5.32 Å². The summed E-state index contributed by atoms with van der Waals surface area (Å²) in [5.41, 5.74) is -0.790. The van der Waals surface area contributed by atoms with Gasteiger partial charge in [-0.3, -0.25) is 0 Å². The molecular weight excluding hydrogens is 294 g/mol. The molecule has 1 aromatic carbocycles. The van der Waals surface area contributed by atoms with Crippen LogP contribution in [0.15, 0.2) is 30.3 Å². The molecule has 0 spiro atoms. The Morgan fingerprint density at radius 1 is 1.04 bits per heavy atom. The van der Waals surface area contributed by atoms with Crippen molar-refractivity contribution in [3.63, 3.8) is 0 Å². The van der Waals surface area contributed by atoms with Gasteiger partial charge >= 0.3 is 12.1 Å². The fourth-order valence-corrected chi connectivity index (χ4v) is 2.13. The molecule has 0 heterocycles. The van der Waals surface area contributed by atoms with E-state index in [-0.39, 0.29) is 6.61 Å². The molecule has 0 aliphatic rings. The van der Waals surface area contributed by atoms with Crippen molar-refractivity contribution in [2.24, 2.45) is 0 Å². The van der Waals surface area contributed by atoms with Gasteiger partial charge in [0.25, 0.3) is 0 Å². The number of alkyl carbamates (subject to hydrolysis) is 1. The lowest BCUT2D eigenvalue weighted by molar-refractivity contribution is -0.153.